The molecule has 2 saturated heterocycles. The summed E-state index contributed by atoms with van der Waals surface area (Å²) in [6, 6.07) is 14.1. The number of fused-ring (bicyclic) bond motifs is 6. The van der Waals surface area contributed by atoms with Crippen LogP contribution < -0.4 is 9.80 Å². The quantitative estimate of drug-likeness (QED) is 0.237. The summed E-state index contributed by atoms with van der Waals surface area (Å²) < 4.78 is 6.27. The van der Waals surface area contributed by atoms with E-state index in [-0.39, 0.29) is 0 Å². The summed E-state index contributed by atoms with van der Waals surface area (Å²) >= 11 is 7.10. The van der Waals surface area contributed by atoms with Gasteiger partial charge in [-0.15, -0.1) is 20.4 Å². The Bertz CT molecular complexity index is 1870. The van der Waals surface area contributed by atoms with Crippen LogP contribution in [0.25, 0.3) is 33.4 Å². The average molecular weight is 751 g/mol. The van der Waals surface area contributed by atoms with Gasteiger partial charge in [-0.25, -0.2) is 0 Å². The molecule has 46 heavy (non-hydrogen) atoms. The summed E-state index contributed by atoms with van der Waals surface area (Å²) in [5.41, 5.74) is 5.50. The predicted molar refractivity (Wildman–Crippen MR) is 190 cm³/mol. The molecule has 2 aliphatic rings. The molecule has 0 radical (unpaired) electrons. The van der Waals surface area contributed by atoms with Gasteiger partial charge in [-0.3, -0.25) is 28.6 Å². The molecule has 12 nitrogen and oxygen atoms in total. The number of anilines is 2. The van der Waals surface area contributed by atoms with Gasteiger partial charge >= 0.3 is 0 Å². The molecule has 0 saturated carbocycles. The van der Waals surface area contributed by atoms with Crippen molar-refractivity contribution in [1.82, 2.24) is 49.0 Å². The number of hydrogen-bond acceptors (Lipinski definition) is 10. The van der Waals surface area contributed by atoms with Crippen LogP contribution in [0.4, 0.5) is 11.9 Å². The van der Waals surface area contributed by atoms with Crippen LogP contribution in [-0.2, 0) is 0 Å². The standard InChI is InChI=1S/2C16H19BrN6/c2*1-10-8-22(9-11(2)21(10)3)16-20-19-15-7-18-13-5-4-12(17)6-14(13)23(15)16/h2*4-7,10-11H,8-9H2,1-3H3. The minimum Gasteiger partial charge on any atom is -0.337 e. The molecule has 14 heteroatoms. The molecule has 2 aliphatic heterocycles. The third kappa shape index (κ3) is 5.58. The van der Waals surface area contributed by atoms with E-state index < -0.39 is 0 Å². The number of likely N-dealkylation sites (N-methyl/N-ethyl adjacent to an activating group) is 2. The Balaban J connectivity index is 0.000000147. The zero-order valence-electron chi connectivity index (χ0n) is 26.9. The third-order valence-electron chi connectivity index (χ3n) is 9.62. The van der Waals surface area contributed by atoms with Crippen molar-refractivity contribution < 1.29 is 0 Å². The van der Waals surface area contributed by atoms with Gasteiger partial charge in [-0.05, 0) is 78.2 Å². The first-order valence-corrected chi connectivity index (χ1v) is 17.2. The van der Waals surface area contributed by atoms with Gasteiger partial charge in [0.05, 0.1) is 34.5 Å². The minimum absolute atomic E-state index is 0.478. The number of hydrogen-bond donors (Lipinski definition) is 0. The Kier molecular flexibility index (Phi) is 8.32. The lowest BCUT2D eigenvalue weighted by atomic mass is 10.1. The van der Waals surface area contributed by atoms with Gasteiger partial charge in [0, 0.05) is 59.3 Å². The first-order chi connectivity index (χ1) is 22.1. The molecule has 4 unspecified atom stereocenters. The maximum absolute atomic E-state index is 4.48. The highest BCUT2D eigenvalue weighted by Crippen LogP contribution is 2.27. The van der Waals surface area contributed by atoms with Crippen molar-refractivity contribution in [2.75, 3.05) is 50.1 Å². The number of benzene rings is 2. The van der Waals surface area contributed by atoms with Crippen molar-refractivity contribution in [3.63, 3.8) is 0 Å². The van der Waals surface area contributed by atoms with Crippen molar-refractivity contribution in [3.8, 4) is 0 Å². The minimum atomic E-state index is 0.478. The van der Waals surface area contributed by atoms with Crippen LogP contribution in [-0.4, -0.2) is 113 Å². The van der Waals surface area contributed by atoms with Crippen LogP contribution in [0.3, 0.4) is 0 Å². The zero-order valence-corrected chi connectivity index (χ0v) is 30.1. The van der Waals surface area contributed by atoms with E-state index in [9.17, 15) is 0 Å². The molecular formula is C32H38Br2N12. The molecule has 0 spiro atoms. The van der Waals surface area contributed by atoms with Gasteiger partial charge in [0.15, 0.2) is 11.3 Å². The maximum Gasteiger partial charge on any atom is 0.232 e. The topological polar surface area (TPSA) is 99.1 Å². The maximum atomic E-state index is 4.48. The number of nitrogens with zero attached hydrogens (tertiary/aromatic N) is 12. The lowest BCUT2D eigenvalue weighted by Gasteiger charge is -2.42. The third-order valence-corrected chi connectivity index (χ3v) is 10.6. The largest absolute Gasteiger partial charge is 0.337 e. The molecule has 4 aromatic heterocycles. The van der Waals surface area contributed by atoms with E-state index in [2.05, 4.69) is 145 Å². The fourth-order valence-electron chi connectivity index (χ4n) is 6.57. The highest BCUT2D eigenvalue weighted by Gasteiger charge is 2.30. The smallest absolute Gasteiger partial charge is 0.232 e. The molecule has 0 N–H and O–H groups in total. The van der Waals surface area contributed by atoms with Crippen LogP contribution in [0.5, 0.6) is 0 Å². The fraction of sp³-hybridized carbons (Fsp3) is 0.438. The molecule has 0 amide bonds. The molecule has 2 aromatic carbocycles. The lowest BCUT2D eigenvalue weighted by Crippen LogP contribution is -2.55. The van der Waals surface area contributed by atoms with E-state index in [1.807, 2.05) is 24.3 Å². The molecule has 0 bridgehead atoms. The van der Waals surface area contributed by atoms with Gasteiger partial charge in [0.1, 0.15) is 0 Å². The van der Waals surface area contributed by atoms with Crippen LogP contribution in [0.2, 0.25) is 0 Å². The molecule has 6 heterocycles. The van der Waals surface area contributed by atoms with Gasteiger partial charge in [-0.1, -0.05) is 31.9 Å². The SMILES string of the molecule is CC1CN(c2nnc3cnc4ccc(Br)cc4n23)CC(C)N1C.CC1CN(c2nnc3cnc4ccc(Br)cc4n23)CC(C)N1C. The summed E-state index contributed by atoms with van der Waals surface area (Å²) in [6.45, 7) is 12.8. The normalized spacial score (nSPS) is 23.0. The number of halogens is 2. The second kappa shape index (κ2) is 12.3. The van der Waals surface area contributed by atoms with Gasteiger partial charge in [0.2, 0.25) is 11.9 Å². The van der Waals surface area contributed by atoms with E-state index >= 15 is 0 Å². The highest BCUT2D eigenvalue weighted by molar-refractivity contribution is 9.10. The molecule has 8 rings (SSSR count). The Morgan fingerprint density at radius 2 is 0.935 bits per heavy atom. The molecule has 4 atom stereocenters. The highest BCUT2D eigenvalue weighted by atomic mass is 79.9. The monoisotopic (exact) mass is 748 g/mol. The Hall–Kier alpha value is -3.46. The molecule has 2 fully saturated rings. The summed E-state index contributed by atoms with van der Waals surface area (Å²) in [7, 11) is 4.37. The first-order valence-electron chi connectivity index (χ1n) is 15.6. The summed E-state index contributed by atoms with van der Waals surface area (Å²) in [4.78, 5) is 18.4. The van der Waals surface area contributed by atoms with E-state index in [0.29, 0.717) is 24.2 Å². The fourth-order valence-corrected chi connectivity index (χ4v) is 7.27. The lowest BCUT2D eigenvalue weighted by molar-refractivity contribution is 0.169. The first kappa shape index (κ1) is 31.2. The van der Waals surface area contributed by atoms with Crippen molar-refractivity contribution in [1.29, 1.82) is 0 Å². The van der Waals surface area contributed by atoms with Crippen molar-refractivity contribution >= 4 is 77.1 Å². The number of piperazine rings is 2. The van der Waals surface area contributed by atoms with Crippen molar-refractivity contribution in [3.05, 3.63) is 57.7 Å². The Labute approximate surface area is 284 Å². The number of aromatic nitrogens is 8. The molecule has 240 valence electrons. The Morgan fingerprint density at radius 1 is 0.565 bits per heavy atom. The molecule has 0 aliphatic carbocycles. The predicted octanol–water partition coefficient (Wildman–Crippen LogP) is 5.14. The summed E-state index contributed by atoms with van der Waals surface area (Å²) in [5, 5.41) is 17.6. The van der Waals surface area contributed by atoms with Crippen LogP contribution >= 0.6 is 31.9 Å². The van der Waals surface area contributed by atoms with Crippen molar-refractivity contribution in [2.24, 2.45) is 0 Å². The van der Waals surface area contributed by atoms with Gasteiger partial charge < -0.3 is 9.80 Å². The second-order valence-corrected chi connectivity index (χ2v) is 14.5. The van der Waals surface area contributed by atoms with Crippen LogP contribution in [0, 0.1) is 0 Å². The molecule has 6 aromatic rings. The number of rotatable bonds is 2. The van der Waals surface area contributed by atoms with Gasteiger partial charge in [0.25, 0.3) is 0 Å². The van der Waals surface area contributed by atoms with Crippen LogP contribution in [0.15, 0.2) is 57.7 Å². The van der Waals surface area contributed by atoms with E-state index in [1.54, 1.807) is 12.4 Å². The molecular weight excluding hydrogens is 712 g/mol. The van der Waals surface area contributed by atoms with Crippen LogP contribution in [0.1, 0.15) is 27.7 Å². The average Bonchev–Trinajstić information content (AvgIpc) is 3.68. The van der Waals surface area contributed by atoms with E-state index in [0.717, 1.165) is 80.4 Å². The van der Waals surface area contributed by atoms with E-state index in [1.165, 1.54) is 0 Å². The Morgan fingerprint density at radius 3 is 1.30 bits per heavy atom. The summed E-state index contributed by atoms with van der Waals surface area (Å²) in [5.74, 6) is 1.80. The zero-order chi connectivity index (χ0) is 32.3. The van der Waals surface area contributed by atoms with Crippen molar-refractivity contribution in [2.45, 2.75) is 51.9 Å². The second-order valence-electron chi connectivity index (χ2n) is 12.7. The van der Waals surface area contributed by atoms with E-state index in [4.69, 9.17) is 0 Å². The summed E-state index contributed by atoms with van der Waals surface area (Å²) in [6.07, 6.45) is 3.57. The van der Waals surface area contributed by atoms with Gasteiger partial charge in [-0.2, -0.15) is 0 Å².